The van der Waals surface area contributed by atoms with E-state index in [1.165, 1.54) is 0 Å². The third kappa shape index (κ3) is 3.83. The number of rotatable bonds is 5. The highest BCUT2D eigenvalue weighted by molar-refractivity contribution is 5.74. The van der Waals surface area contributed by atoms with Gasteiger partial charge in [0.2, 0.25) is 0 Å². The van der Waals surface area contributed by atoms with Crippen molar-refractivity contribution >= 4 is 6.03 Å². The Bertz CT molecular complexity index is 553. The first kappa shape index (κ1) is 14.1. The van der Waals surface area contributed by atoms with E-state index in [2.05, 4.69) is 15.7 Å². The van der Waals surface area contributed by atoms with Crippen molar-refractivity contribution in [2.24, 2.45) is 7.05 Å². The van der Waals surface area contributed by atoms with Crippen LogP contribution in [-0.2, 0) is 13.6 Å². The fourth-order valence-corrected chi connectivity index (χ4v) is 1.87. The van der Waals surface area contributed by atoms with Crippen LogP contribution in [0.1, 0.15) is 17.2 Å². The zero-order chi connectivity index (χ0) is 14.4. The molecule has 0 spiro atoms. The number of hydrogen-bond acceptors (Lipinski definition) is 3. The van der Waals surface area contributed by atoms with Gasteiger partial charge in [0.05, 0.1) is 18.8 Å². The van der Waals surface area contributed by atoms with E-state index in [1.54, 1.807) is 10.9 Å². The second-order valence-corrected chi connectivity index (χ2v) is 4.50. The first-order valence-corrected chi connectivity index (χ1v) is 6.36. The molecular weight excluding hydrogens is 256 g/mol. The number of aliphatic hydroxyl groups is 1. The Morgan fingerprint density at radius 1 is 1.40 bits per heavy atom. The molecule has 0 bridgehead atoms. The van der Waals surface area contributed by atoms with Crippen molar-refractivity contribution in [3.8, 4) is 0 Å². The lowest BCUT2D eigenvalue weighted by atomic mass is 10.1. The smallest absolute Gasteiger partial charge is 0.315 e. The normalized spacial score (nSPS) is 11.9. The predicted molar refractivity (Wildman–Crippen MR) is 74.8 cm³/mol. The summed E-state index contributed by atoms with van der Waals surface area (Å²) in [5.41, 5.74) is 1.79. The number of aryl methyl sites for hydroxylation is 1. The van der Waals surface area contributed by atoms with Crippen LogP contribution in [0.25, 0.3) is 0 Å². The van der Waals surface area contributed by atoms with E-state index in [1.807, 2.05) is 43.6 Å². The molecule has 0 saturated carbocycles. The molecule has 0 aliphatic heterocycles. The second-order valence-electron chi connectivity index (χ2n) is 4.50. The molecule has 0 aliphatic carbocycles. The number of nitrogens with one attached hydrogen (secondary N) is 2. The number of carbonyl (C=O) groups is 1. The zero-order valence-corrected chi connectivity index (χ0v) is 11.3. The van der Waals surface area contributed by atoms with Gasteiger partial charge >= 0.3 is 6.03 Å². The number of aromatic nitrogens is 2. The van der Waals surface area contributed by atoms with Gasteiger partial charge in [0.15, 0.2) is 0 Å². The predicted octanol–water partition coefficient (Wildman–Crippen LogP) is 0.953. The van der Waals surface area contributed by atoms with E-state index in [4.69, 9.17) is 0 Å². The Morgan fingerprint density at radius 2 is 2.15 bits per heavy atom. The largest absolute Gasteiger partial charge is 0.394 e. The van der Waals surface area contributed by atoms with Gasteiger partial charge in [-0.15, -0.1) is 0 Å². The van der Waals surface area contributed by atoms with Crippen LogP contribution in [0.4, 0.5) is 4.79 Å². The molecular formula is C14H18N4O2. The van der Waals surface area contributed by atoms with Gasteiger partial charge in [0, 0.05) is 25.4 Å². The van der Waals surface area contributed by atoms with Gasteiger partial charge in [-0.1, -0.05) is 30.3 Å². The molecule has 1 aromatic heterocycles. The van der Waals surface area contributed by atoms with Crippen molar-refractivity contribution in [1.29, 1.82) is 0 Å². The van der Waals surface area contributed by atoms with Gasteiger partial charge in [-0.3, -0.25) is 4.68 Å². The monoisotopic (exact) mass is 274 g/mol. The van der Waals surface area contributed by atoms with Crippen LogP contribution in [0.2, 0.25) is 0 Å². The quantitative estimate of drug-likeness (QED) is 0.759. The molecule has 1 atom stereocenters. The number of amides is 2. The molecule has 6 heteroatoms. The number of hydrogen-bond donors (Lipinski definition) is 3. The lowest BCUT2D eigenvalue weighted by Gasteiger charge is -2.17. The standard InChI is InChI=1S/C14H18N4O2/c1-18-9-11(8-16-18)7-15-14(20)17-13(10-19)12-5-3-2-4-6-12/h2-6,8-9,13,19H,7,10H2,1H3,(H2,15,17,20). The molecule has 2 amide bonds. The van der Waals surface area contributed by atoms with E-state index < -0.39 is 6.04 Å². The maximum absolute atomic E-state index is 11.8. The van der Waals surface area contributed by atoms with Crippen molar-refractivity contribution < 1.29 is 9.90 Å². The number of benzene rings is 1. The van der Waals surface area contributed by atoms with Gasteiger partial charge in [-0.2, -0.15) is 5.10 Å². The van der Waals surface area contributed by atoms with E-state index in [0.29, 0.717) is 6.54 Å². The first-order chi connectivity index (χ1) is 9.69. The summed E-state index contributed by atoms with van der Waals surface area (Å²) in [6, 6.07) is 8.62. The number of aliphatic hydroxyl groups excluding tert-OH is 1. The minimum atomic E-state index is -0.412. The lowest BCUT2D eigenvalue weighted by Crippen LogP contribution is -2.38. The highest BCUT2D eigenvalue weighted by Crippen LogP contribution is 2.11. The molecule has 1 heterocycles. The Kier molecular flexibility index (Phi) is 4.73. The van der Waals surface area contributed by atoms with E-state index in [-0.39, 0.29) is 12.6 Å². The minimum absolute atomic E-state index is 0.148. The summed E-state index contributed by atoms with van der Waals surface area (Å²) in [4.78, 5) is 11.8. The van der Waals surface area contributed by atoms with Crippen LogP contribution in [0, 0.1) is 0 Å². The van der Waals surface area contributed by atoms with E-state index in [0.717, 1.165) is 11.1 Å². The van der Waals surface area contributed by atoms with Crippen LogP contribution in [-0.4, -0.2) is 27.5 Å². The molecule has 3 N–H and O–H groups in total. The molecule has 20 heavy (non-hydrogen) atoms. The van der Waals surface area contributed by atoms with Gasteiger partial charge in [-0.05, 0) is 5.56 Å². The van der Waals surface area contributed by atoms with Crippen molar-refractivity contribution in [3.63, 3.8) is 0 Å². The number of carbonyl (C=O) groups excluding carboxylic acids is 1. The summed E-state index contributed by atoms with van der Waals surface area (Å²) in [6.45, 7) is 0.247. The van der Waals surface area contributed by atoms with Gasteiger partial charge in [0.1, 0.15) is 0 Å². The number of urea groups is 1. The molecule has 0 saturated heterocycles. The first-order valence-electron chi connectivity index (χ1n) is 6.36. The number of nitrogens with zero attached hydrogens (tertiary/aromatic N) is 2. The summed E-state index contributed by atoms with van der Waals surface area (Å²) in [7, 11) is 1.82. The molecule has 0 radical (unpaired) electrons. The molecule has 0 aliphatic rings. The third-order valence-corrected chi connectivity index (χ3v) is 2.90. The van der Waals surface area contributed by atoms with Gasteiger partial charge < -0.3 is 15.7 Å². The fourth-order valence-electron chi connectivity index (χ4n) is 1.87. The van der Waals surface area contributed by atoms with Crippen LogP contribution in [0.15, 0.2) is 42.7 Å². The van der Waals surface area contributed by atoms with Gasteiger partial charge in [-0.25, -0.2) is 4.79 Å². The van der Waals surface area contributed by atoms with Crippen molar-refractivity contribution in [1.82, 2.24) is 20.4 Å². The highest BCUT2D eigenvalue weighted by Gasteiger charge is 2.12. The molecule has 1 unspecified atom stereocenters. The van der Waals surface area contributed by atoms with Crippen LogP contribution < -0.4 is 10.6 Å². The Labute approximate surface area is 117 Å². The minimum Gasteiger partial charge on any atom is -0.394 e. The van der Waals surface area contributed by atoms with E-state index in [9.17, 15) is 9.90 Å². The van der Waals surface area contributed by atoms with E-state index >= 15 is 0 Å². The molecule has 0 fully saturated rings. The zero-order valence-electron chi connectivity index (χ0n) is 11.3. The highest BCUT2D eigenvalue weighted by atomic mass is 16.3. The molecule has 106 valence electrons. The third-order valence-electron chi connectivity index (χ3n) is 2.90. The SMILES string of the molecule is Cn1cc(CNC(=O)NC(CO)c2ccccc2)cn1. The maximum Gasteiger partial charge on any atom is 0.315 e. The molecule has 2 aromatic rings. The Balaban J connectivity index is 1.86. The van der Waals surface area contributed by atoms with Crippen LogP contribution in [0.3, 0.4) is 0 Å². The van der Waals surface area contributed by atoms with Crippen molar-refractivity contribution in [2.45, 2.75) is 12.6 Å². The molecule has 1 aromatic carbocycles. The topological polar surface area (TPSA) is 79.2 Å². The van der Waals surface area contributed by atoms with Crippen LogP contribution >= 0.6 is 0 Å². The van der Waals surface area contributed by atoms with Crippen molar-refractivity contribution in [3.05, 3.63) is 53.9 Å². The van der Waals surface area contributed by atoms with Crippen molar-refractivity contribution in [2.75, 3.05) is 6.61 Å². The second kappa shape index (κ2) is 6.72. The summed E-state index contributed by atoms with van der Waals surface area (Å²) in [5.74, 6) is 0. The lowest BCUT2D eigenvalue weighted by molar-refractivity contribution is 0.216. The fraction of sp³-hybridized carbons (Fsp3) is 0.286. The molecule has 6 nitrogen and oxygen atoms in total. The average molecular weight is 274 g/mol. The summed E-state index contributed by atoms with van der Waals surface area (Å²) in [5, 5.41) is 18.9. The Hall–Kier alpha value is -2.34. The maximum atomic E-state index is 11.8. The summed E-state index contributed by atoms with van der Waals surface area (Å²) in [6.07, 6.45) is 3.53. The summed E-state index contributed by atoms with van der Waals surface area (Å²) >= 11 is 0. The average Bonchev–Trinajstić information content (AvgIpc) is 2.89. The summed E-state index contributed by atoms with van der Waals surface area (Å²) < 4.78 is 1.68. The van der Waals surface area contributed by atoms with Gasteiger partial charge in [0.25, 0.3) is 0 Å². The van der Waals surface area contributed by atoms with Crippen LogP contribution in [0.5, 0.6) is 0 Å². The molecule has 2 rings (SSSR count). The Morgan fingerprint density at radius 3 is 2.75 bits per heavy atom.